The molecule has 1 atom stereocenters. The molecular formula is C14H9ClF3NO2. The summed E-state index contributed by atoms with van der Waals surface area (Å²) in [7, 11) is 0. The summed E-state index contributed by atoms with van der Waals surface area (Å²) in [5, 5.41) is 2.05. The van der Waals surface area contributed by atoms with E-state index in [0.717, 1.165) is 25.0 Å². The number of fused-ring (bicyclic) bond motifs is 1. The molecule has 1 aromatic carbocycles. The molecule has 1 unspecified atom stereocenters. The van der Waals surface area contributed by atoms with Gasteiger partial charge in [0.05, 0.1) is 7.06 Å². The zero-order valence-corrected chi connectivity index (χ0v) is 11.2. The van der Waals surface area contributed by atoms with E-state index in [1.54, 1.807) is 0 Å². The Morgan fingerprint density at radius 3 is 2.86 bits per heavy atom. The molecule has 3 nitrogen and oxygen atoms in total. The van der Waals surface area contributed by atoms with Gasteiger partial charge in [0.1, 0.15) is 0 Å². The summed E-state index contributed by atoms with van der Waals surface area (Å²) in [6.07, 6.45) is -4.82. The lowest BCUT2D eigenvalue weighted by Crippen LogP contribution is -2.49. The predicted molar refractivity (Wildman–Crippen MR) is 69.8 cm³/mol. The van der Waals surface area contributed by atoms with Crippen molar-refractivity contribution in [3.63, 3.8) is 0 Å². The van der Waals surface area contributed by atoms with Crippen LogP contribution in [0.1, 0.15) is 19.8 Å². The molecule has 0 saturated heterocycles. The number of halogens is 4. The molecule has 1 aliphatic heterocycles. The zero-order chi connectivity index (χ0) is 16.1. The molecule has 3 rings (SSSR count). The van der Waals surface area contributed by atoms with Gasteiger partial charge in [-0.05, 0) is 36.9 Å². The number of amides is 1. The van der Waals surface area contributed by atoms with Crippen LogP contribution in [0.3, 0.4) is 0 Å². The van der Waals surface area contributed by atoms with Gasteiger partial charge in [-0.15, -0.1) is 0 Å². The number of ether oxygens (including phenoxy) is 1. The van der Waals surface area contributed by atoms with Crippen LogP contribution in [0.15, 0.2) is 18.2 Å². The van der Waals surface area contributed by atoms with E-state index < -0.39 is 23.4 Å². The van der Waals surface area contributed by atoms with Gasteiger partial charge in [-0.25, -0.2) is 4.79 Å². The largest absolute Gasteiger partial charge is 0.445 e. The van der Waals surface area contributed by atoms with E-state index in [2.05, 4.69) is 21.9 Å². The zero-order valence-electron chi connectivity index (χ0n) is 11.5. The molecule has 1 aromatic rings. The van der Waals surface area contributed by atoms with E-state index in [1.165, 1.54) is 0 Å². The normalized spacial score (nSPS) is 25.0. The van der Waals surface area contributed by atoms with Crippen LogP contribution in [0.2, 0.25) is 5.02 Å². The fraction of sp³-hybridized carbons (Fsp3) is 0.357. The lowest BCUT2D eigenvalue weighted by Gasteiger charge is -2.35. The van der Waals surface area contributed by atoms with E-state index in [-0.39, 0.29) is 22.7 Å². The van der Waals surface area contributed by atoms with Crippen LogP contribution in [-0.4, -0.2) is 12.3 Å². The van der Waals surface area contributed by atoms with Crippen molar-refractivity contribution in [3.8, 4) is 11.8 Å². The van der Waals surface area contributed by atoms with Crippen LogP contribution in [0.25, 0.3) is 0 Å². The number of nitrogens with one attached hydrogen (secondary N) is 1. The third-order valence-electron chi connectivity index (χ3n) is 3.19. The lowest BCUT2D eigenvalue weighted by atomic mass is 9.90. The molecule has 0 aromatic heterocycles. The van der Waals surface area contributed by atoms with Gasteiger partial charge in [0.15, 0.2) is 0 Å². The van der Waals surface area contributed by atoms with E-state index in [1.807, 2.05) is 0 Å². The van der Waals surface area contributed by atoms with Gasteiger partial charge in [-0.1, -0.05) is 17.5 Å². The molecule has 21 heavy (non-hydrogen) atoms. The Morgan fingerprint density at radius 1 is 1.52 bits per heavy atom. The monoisotopic (exact) mass is 316 g/mol. The molecule has 110 valence electrons. The topological polar surface area (TPSA) is 38.3 Å². The van der Waals surface area contributed by atoms with Gasteiger partial charge in [0.2, 0.25) is 0 Å². The fourth-order valence-corrected chi connectivity index (χ4v) is 2.14. The van der Waals surface area contributed by atoms with Crippen molar-refractivity contribution < 1.29 is 24.1 Å². The first-order valence-corrected chi connectivity index (χ1v) is 6.51. The minimum absolute atomic E-state index is 0.0645. The van der Waals surface area contributed by atoms with E-state index in [4.69, 9.17) is 13.0 Å². The number of anilines is 1. The number of carbonyl (C=O) groups is 1. The minimum Gasteiger partial charge on any atom is -0.415 e. The Labute approximate surface area is 124 Å². The summed E-state index contributed by atoms with van der Waals surface area (Å²) < 4.78 is 53.3. The predicted octanol–water partition coefficient (Wildman–Crippen LogP) is 4.07. The maximum atomic E-state index is 13.7. The number of carbonyl (C=O) groups excluding carboxylic acids is 1. The molecule has 7 heteroatoms. The second kappa shape index (κ2) is 4.57. The van der Waals surface area contributed by atoms with Gasteiger partial charge in [-0.2, -0.15) is 13.2 Å². The second-order valence-electron chi connectivity index (χ2n) is 4.84. The molecule has 1 heterocycles. The van der Waals surface area contributed by atoms with E-state index in [9.17, 15) is 18.0 Å². The first-order chi connectivity index (χ1) is 10.2. The highest BCUT2D eigenvalue weighted by atomic mass is 35.5. The molecule has 1 fully saturated rings. The molecule has 0 radical (unpaired) electrons. The molecule has 2 aliphatic rings. The van der Waals surface area contributed by atoms with Crippen molar-refractivity contribution in [2.75, 3.05) is 5.32 Å². The number of benzene rings is 1. The Kier molecular flexibility index (Phi) is 2.79. The standard InChI is InChI=1S/C14H9ClF3NO2/c15-9-3-4-11-10(7-9)13(14(16,17)18,21-12(20)19-11)6-5-8-1-2-8/h3-4,7-8H,1-2H2,(H,19,20)/i4D. The summed E-state index contributed by atoms with van der Waals surface area (Å²) in [5.74, 6) is 4.45. The summed E-state index contributed by atoms with van der Waals surface area (Å²) in [5.41, 5.74) is -3.86. The molecule has 0 spiro atoms. The highest BCUT2D eigenvalue weighted by molar-refractivity contribution is 6.30. The highest BCUT2D eigenvalue weighted by Crippen LogP contribution is 2.48. The molecule has 1 saturated carbocycles. The molecule has 1 amide bonds. The first-order valence-electron chi connectivity index (χ1n) is 6.63. The van der Waals surface area contributed by atoms with Crippen molar-refractivity contribution in [1.29, 1.82) is 0 Å². The quantitative estimate of drug-likeness (QED) is 0.733. The van der Waals surface area contributed by atoms with Crippen LogP contribution < -0.4 is 5.32 Å². The number of rotatable bonds is 0. The average Bonchev–Trinajstić information content (AvgIpc) is 3.20. The number of alkyl halides is 3. The molecule has 1 N–H and O–H groups in total. The Morgan fingerprint density at radius 2 is 2.24 bits per heavy atom. The lowest BCUT2D eigenvalue weighted by molar-refractivity contribution is -0.239. The molecular weight excluding hydrogens is 307 g/mol. The van der Waals surface area contributed by atoms with Crippen molar-refractivity contribution in [2.45, 2.75) is 24.6 Å². The van der Waals surface area contributed by atoms with Gasteiger partial charge in [0, 0.05) is 16.5 Å². The number of cyclic esters (lactones) is 1. The SMILES string of the molecule is [2H]c1cc(Cl)cc2c1NC(=O)OC2(C#CC1CC1)C(F)(F)F. The Bertz CT molecular complexity index is 721. The van der Waals surface area contributed by atoms with E-state index in [0.29, 0.717) is 0 Å². The van der Waals surface area contributed by atoms with Crippen LogP contribution >= 0.6 is 11.6 Å². The van der Waals surface area contributed by atoms with Crippen LogP contribution in [0, 0.1) is 17.8 Å². The average molecular weight is 317 g/mol. The van der Waals surface area contributed by atoms with Crippen molar-refractivity contribution in [1.82, 2.24) is 0 Å². The van der Waals surface area contributed by atoms with Crippen molar-refractivity contribution in [3.05, 3.63) is 28.8 Å². The van der Waals surface area contributed by atoms with Gasteiger partial charge < -0.3 is 4.74 Å². The van der Waals surface area contributed by atoms with Gasteiger partial charge in [-0.3, -0.25) is 5.32 Å². The highest BCUT2D eigenvalue weighted by Gasteiger charge is 2.62. The summed E-state index contributed by atoms with van der Waals surface area (Å²) >= 11 is 5.77. The fourth-order valence-electron chi connectivity index (χ4n) is 1.98. The van der Waals surface area contributed by atoms with Crippen LogP contribution in [0.5, 0.6) is 0 Å². The van der Waals surface area contributed by atoms with Gasteiger partial charge >= 0.3 is 12.3 Å². The minimum atomic E-state index is -4.96. The molecule has 0 bridgehead atoms. The maximum absolute atomic E-state index is 13.7. The third-order valence-corrected chi connectivity index (χ3v) is 3.41. The molecule has 1 aliphatic carbocycles. The summed E-state index contributed by atoms with van der Waals surface area (Å²) in [6, 6.07) is 1.83. The van der Waals surface area contributed by atoms with Crippen LogP contribution in [0.4, 0.5) is 23.7 Å². The summed E-state index contributed by atoms with van der Waals surface area (Å²) in [6.45, 7) is 0. The third kappa shape index (κ3) is 2.42. The maximum Gasteiger partial charge on any atom is 0.445 e. The number of hydrogen-bond donors (Lipinski definition) is 1. The second-order valence-corrected chi connectivity index (χ2v) is 5.28. The van der Waals surface area contributed by atoms with E-state index >= 15 is 0 Å². The van der Waals surface area contributed by atoms with Crippen molar-refractivity contribution in [2.24, 2.45) is 5.92 Å². The van der Waals surface area contributed by atoms with Crippen molar-refractivity contribution >= 4 is 23.4 Å². The number of hydrogen-bond acceptors (Lipinski definition) is 2. The van der Waals surface area contributed by atoms with Crippen LogP contribution in [-0.2, 0) is 10.3 Å². The summed E-state index contributed by atoms with van der Waals surface area (Å²) in [4.78, 5) is 11.6. The first kappa shape index (κ1) is 12.8. The smallest absolute Gasteiger partial charge is 0.415 e. The Balaban J connectivity index is 2.27. The van der Waals surface area contributed by atoms with Gasteiger partial charge in [0.25, 0.3) is 5.60 Å². The Hall–Kier alpha value is -1.87.